The van der Waals surface area contributed by atoms with Crippen LogP contribution in [-0.2, 0) is 23.1 Å². The van der Waals surface area contributed by atoms with Crippen molar-refractivity contribution in [1.29, 1.82) is 0 Å². The summed E-state index contributed by atoms with van der Waals surface area (Å²) in [4.78, 5) is 1.62. The molecule has 0 saturated carbocycles. The number of sulfonamides is 1. The lowest BCUT2D eigenvalue weighted by molar-refractivity contribution is 0.285. The minimum Gasteiger partial charge on any atom is -0.391 e. The molecule has 108 valence electrons. The van der Waals surface area contributed by atoms with Crippen LogP contribution in [0.1, 0.15) is 15.3 Å². The van der Waals surface area contributed by atoms with E-state index in [0.29, 0.717) is 22.7 Å². The average Bonchev–Trinajstić information content (AvgIpc) is 2.82. The Balaban J connectivity index is 2.02. The summed E-state index contributed by atoms with van der Waals surface area (Å²) in [5.74, 6) is 0. The Morgan fingerprint density at radius 3 is 2.55 bits per heavy atom. The van der Waals surface area contributed by atoms with E-state index in [1.54, 1.807) is 6.92 Å². The largest absolute Gasteiger partial charge is 0.391 e. The van der Waals surface area contributed by atoms with Crippen molar-refractivity contribution in [2.24, 2.45) is 0 Å². The highest BCUT2D eigenvalue weighted by molar-refractivity contribution is 7.89. The lowest BCUT2D eigenvalue weighted by Gasteiger charge is -2.06. The molecule has 1 heterocycles. The van der Waals surface area contributed by atoms with Crippen molar-refractivity contribution >= 4 is 21.4 Å². The van der Waals surface area contributed by atoms with Crippen molar-refractivity contribution in [2.75, 3.05) is 6.54 Å². The fourth-order valence-electron chi connectivity index (χ4n) is 1.92. The molecule has 6 heteroatoms. The van der Waals surface area contributed by atoms with Crippen LogP contribution in [0.25, 0.3) is 0 Å². The van der Waals surface area contributed by atoms with E-state index in [2.05, 4.69) is 4.72 Å². The summed E-state index contributed by atoms with van der Waals surface area (Å²) in [5.41, 5.74) is 1.09. The standard InChI is InChI=1S/C14H17NO3S2/c1-11-14(9-13(10-16)19-11)20(17,18)15-8-7-12-5-3-2-4-6-12/h2-6,9,15-16H,7-8,10H2,1H3. The molecule has 2 aromatic rings. The van der Waals surface area contributed by atoms with Gasteiger partial charge in [-0.05, 0) is 25.0 Å². The van der Waals surface area contributed by atoms with E-state index in [9.17, 15) is 8.42 Å². The highest BCUT2D eigenvalue weighted by Gasteiger charge is 2.19. The third kappa shape index (κ3) is 3.67. The molecular weight excluding hydrogens is 294 g/mol. The summed E-state index contributed by atoms with van der Waals surface area (Å²) in [6.45, 7) is 1.97. The van der Waals surface area contributed by atoms with Gasteiger partial charge >= 0.3 is 0 Å². The van der Waals surface area contributed by atoms with Gasteiger partial charge in [-0.2, -0.15) is 0 Å². The molecule has 0 atom stereocenters. The monoisotopic (exact) mass is 311 g/mol. The quantitative estimate of drug-likeness (QED) is 0.858. The SMILES string of the molecule is Cc1sc(CO)cc1S(=O)(=O)NCCc1ccccc1. The first-order valence-corrected chi connectivity index (χ1v) is 8.56. The molecule has 0 aliphatic rings. The first-order chi connectivity index (χ1) is 9.53. The van der Waals surface area contributed by atoms with Gasteiger partial charge in [-0.1, -0.05) is 30.3 Å². The Morgan fingerprint density at radius 1 is 1.25 bits per heavy atom. The van der Waals surface area contributed by atoms with Crippen molar-refractivity contribution in [3.05, 3.63) is 51.7 Å². The zero-order valence-corrected chi connectivity index (χ0v) is 12.8. The smallest absolute Gasteiger partial charge is 0.241 e. The van der Waals surface area contributed by atoms with Gasteiger partial charge in [0.15, 0.2) is 0 Å². The first-order valence-electron chi connectivity index (χ1n) is 6.26. The van der Waals surface area contributed by atoms with Gasteiger partial charge in [0.2, 0.25) is 10.0 Å². The van der Waals surface area contributed by atoms with Crippen LogP contribution >= 0.6 is 11.3 Å². The molecule has 4 nitrogen and oxygen atoms in total. The lowest BCUT2D eigenvalue weighted by Crippen LogP contribution is -2.26. The Hall–Kier alpha value is -1.21. The van der Waals surface area contributed by atoms with Gasteiger partial charge in [-0.3, -0.25) is 0 Å². The molecule has 0 aliphatic heterocycles. The fourth-order valence-corrected chi connectivity index (χ4v) is 4.45. The van der Waals surface area contributed by atoms with Crippen LogP contribution in [0.5, 0.6) is 0 Å². The summed E-state index contributed by atoms with van der Waals surface area (Å²) < 4.78 is 27.0. The number of hydrogen-bond donors (Lipinski definition) is 2. The van der Waals surface area contributed by atoms with Gasteiger partial charge in [0.25, 0.3) is 0 Å². The summed E-state index contributed by atoms with van der Waals surface area (Å²) in [7, 11) is -3.50. The Labute approximate surface area is 123 Å². The number of aliphatic hydroxyl groups is 1. The molecule has 2 rings (SSSR count). The minimum absolute atomic E-state index is 0.134. The van der Waals surface area contributed by atoms with Crippen LogP contribution in [0.3, 0.4) is 0 Å². The molecule has 0 bridgehead atoms. The predicted octanol–water partition coefficient (Wildman–Crippen LogP) is 2.07. The van der Waals surface area contributed by atoms with Crippen molar-refractivity contribution in [3.8, 4) is 0 Å². The van der Waals surface area contributed by atoms with E-state index >= 15 is 0 Å². The Bertz CT molecular complexity index is 663. The van der Waals surface area contributed by atoms with Gasteiger partial charge in [0, 0.05) is 16.3 Å². The summed E-state index contributed by atoms with van der Waals surface area (Å²) in [6, 6.07) is 11.3. The molecule has 0 spiro atoms. The van der Waals surface area contributed by atoms with Crippen LogP contribution < -0.4 is 4.72 Å². The third-order valence-electron chi connectivity index (χ3n) is 2.92. The van der Waals surface area contributed by atoms with E-state index in [1.807, 2.05) is 30.3 Å². The molecule has 0 radical (unpaired) electrons. The summed E-state index contributed by atoms with van der Waals surface area (Å²) >= 11 is 1.30. The zero-order valence-electron chi connectivity index (χ0n) is 11.2. The number of aryl methyl sites for hydroxylation is 1. The minimum atomic E-state index is -3.50. The first kappa shape index (κ1) is 15.2. The highest BCUT2D eigenvalue weighted by Crippen LogP contribution is 2.25. The van der Waals surface area contributed by atoms with Gasteiger partial charge in [0.05, 0.1) is 11.5 Å². The second-order valence-corrected chi connectivity index (χ2v) is 7.50. The second-order valence-electron chi connectivity index (χ2n) is 4.42. The molecule has 2 N–H and O–H groups in total. The van der Waals surface area contributed by atoms with E-state index in [0.717, 1.165) is 5.56 Å². The fraction of sp³-hybridized carbons (Fsp3) is 0.286. The maximum absolute atomic E-state index is 12.2. The molecule has 0 amide bonds. The molecule has 1 aromatic heterocycles. The second kappa shape index (κ2) is 6.49. The van der Waals surface area contributed by atoms with Gasteiger partial charge in [-0.15, -0.1) is 11.3 Å². The van der Waals surface area contributed by atoms with Crippen molar-refractivity contribution in [1.82, 2.24) is 4.72 Å². The number of thiophene rings is 1. The van der Waals surface area contributed by atoms with Crippen molar-refractivity contribution in [3.63, 3.8) is 0 Å². The molecule has 1 aromatic carbocycles. The van der Waals surface area contributed by atoms with E-state index in [4.69, 9.17) is 5.11 Å². The third-order valence-corrected chi connectivity index (χ3v) is 5.67. The van der Waals surface area contributed by atoms with Gasteiger partial charge < -0.3 is 5.11 Å². The number of hydrogen-bond acceptors (Lipinski definition) is 4. The van der Waals surface area contributed by atoms with Crippen LogP contribution in [0, 0.1) is 6.92 Å². The number of benzene rings is 1. The number of rotatable bonds is 6. The number of nitrogens with one attached hydrogen (secondary N) is 1. The van der Waals surface area contributed by atoms with Crippen LogP contribution in [-0.4, -0.2) is 20.1 Å². The molecule has 0 unspecified atom stereocenters. The highest BCUT2D eigenvalue weighted by atomic mass is 32.2. The maximum atomic E-state index is 12.2. The van der Waals surface area contributed by atoms with Crippen molar-refractivity contribution < 1.29 is 13.5 Å². The molecule has 0 aliphatic carbocycles. The van der Waals surface area contributed by atoms with Gasteiger partial charge in [-0.25, -0.2) is 13.1 Å². The van der Waals surface area contributed by atoms with Crippen LogP contribution in [0.4, 0.5) is 0 Å². The Morgan fingerprint density at radius 2 is 1.95 bits per heavy atom. The lowest BCUT2D eigenvalue weighted by atomic mass is 10.2. The summed E-state index contributed by atoms with van der Waals surface area (Å²) in [5, 5.41) is 9.06. The van der Waals surface area contributed by atoms with E-state index in [1.165, 1.54) is 17.4 Å². The predicted molar refractivity (Wildman–Crippen MR) is 80.3 cm³/mol. The van der Waals surface area contributed by atoms with E-state index in [-0.39, 0.29) is 11.5 Å². The summed E-state index contributed by atoms with van der Waals surface area (Å²) in [6.07, 6.45) is 0.649. The maximum Gasteiger partial charge on any atom is 0.241 e. The topological polar surface area (TPSA) is 66.4 Å². The molecule has 0 fully saturated rings. The molecule has 0 saturated heterocycles. The Kier molecular flexibility index (Phi) is 4.93. The van der Waals surface area contributed by atoms with Gasteiger partial charge in [0.1, 0.15) is 0 Å². The molecule has 20 heavy (non-hydrogen) atoms. The normalized spacial score (nSPS) is 11.7. The average molecular weight is 311 g/mol. The molecular formula is C14H17NO3S2. The zero-order chi connectivity index (χ0) is 14.6. The van der Waals surface area contributed by atoms with Crippen molar-refractivity contribution in [2.45, 2.75) is 24.8 Å². The van der Waals surface area contributed by atoms with E-state index < -0.39 is 10.0 Å². The van der Waals surface area contributed by atoms with Crippen LogP contribution in [0.15, 0.2) is 41.3 Å². The number of aliphatic hydroxyl groups excluding tert-OH is 1. The van der Waals surface area contributed by atoms with Crippen LogP contribution in [0.2, 0.25) is 0 Å².